The van der Waals surface area contributed by atoms with Crippen molar-refractivity contribution in [3.8, 4) is 6.07 Å². The van der Waals surface area contributed by atoms with Gasteiger partial charge in [-0.2, -0.15) is 18.4 Å². The van der Waals surface area contributed by atoms with Crippen LogP contribution >= 0.6 is 0 Å². The molecule has 0 aromatic heterocycles. The molecule has 0 fully saturated rings. The van der Waals surface area contributed by atoms with Gasteiger partial charge in [0.15, 0.2) is 0 Å². The van der Waals surface area contributed by atoms with Crippen molar-refractivity contribution in [3.63, 3.8) is 0 Å². The maximum atomic E-state index is 13.2. The summed E-state index contributed by atoms with van der Waals surface area (Å²) < 4.78 is 31.7. The predicted molar refractivity (Wildman–Crippen MR) is 131 cm³/mol. The van der Waals surface area contributed by atoms with Crippen LogP contribution in [0.25, 0.3) is 0 Å². The molecule has 0 saturated heterocycles. The number of nitrogens with zero attached hydrogens (tertiary/aromatic N) is 2. The lowest BCUT2D eigenvalue weighted by molar-refractivity contribution is -0.192. The highest BCUT2D eigenvalue weighted by Crippen LogP contribution is 2.19. The molecule has 2 amide bonds. The molecule has 0 atom stereocenters. The van der Waals surface area contributed by atoms with Crippen LogP contribution in [0.2, 0.25) is 0 Å². The lowest BCUT2D eigenvalue weighted by Gasteiger charge is -2.23. The highest BCUT2D eigenvalue weighted by Gasteiger charge is 2.38. The number of nitrogens with two attached hydrogens (primary N) is 1. The molecule has 0 bridgehead atoms. The number of carbonyl (C=O) groups is 3. The predicted octanol–water partition coefficient (Wildman–Crippen LogP) is 4.24. The van der Waals surface area contributed by atoms with Crippen molar-refractivity contribution in [2.75, 3.05) is 16.8 Å². The van der Waals surface area contributed by atoms with Crippen molar-refractivity contribution in [1.29, 1.82) is 5.26 Å². The molecule has 3 aromatic carbocycles. The van der Waals surface area contributed by atoms with Crippen LogP contribution in [0.1, 0.15) is 27.0 Å². The average Bonchev–Trinajstić information content (AvgIpc) is 2.88. The number of nitriles is 1. The van der Waals surface area contributed by atoms with Crippen LogP contribution in [0.4, 0.5) is 24.5 Å². The number of carboxylic acid groups (broad SMARTS) is 1. The van der Waals surface area contributed by atoms with Gasteiger partial charge >= 0.3 is 12.1 Å². The summed E-state index contributed by atoms with van der Waals surface area (Å²) in [7, 11) is 0. The van der Waals surface area contributed by atoms with E-state index in [-0.39, 0.29) is 18.4 Å². The number of carbonyl (C=O) groups excluding carboxylic acids is 2. The molecule has 3 rings (SSSR count). The molecule has 0 heterocycles. The van der Waals surface area contributed by atoms with Gasteiger partial charge in [-0.25, -0.2) is 4.79 Å². The van der Waals surface area contributed by atoms with Gasteiger partial charge < -0.3 is 16.2 Å². The first-order valence-corrected chi connectivity index (χ1v) is 10.7. The first-order valence-electron chi connectivity index (χ1n) is 10.7. The summed E-state index contributed by atoms with van der Waals surface area (Å²) in [6.07, 6.45) is -5.08. The highest BCUT2D eigenvalue weighted by atomic mass is 19.4. The number of halogens is 3. The SMILES string of the molecule is Cc1ccc(NC(=O)CN(C(=O)c2cccc(CN)c2)c2ccccc2)cc1C#N.O=C(O)C(F)(F)F. The third-order valence-electron chi connectivity index (χ3n) is 4.91. The lowest BCUT2D eigenvalue weighted by atomic mass is 10.1. The van der Waals surface area contributed by atoms with E-state index in [1.165, 1.54) is 4.90 Å². The molecule has 0 aliphatic rings. The zero-order valence-corrected chi connectivity index (χ0v) is 19.6. The zero-order valence-electron chi connectivity index (χ0n) is 19.6. The number of benzene rings is 3. The van der Waals surface area contributed by atoms with Crippen molar-refractivity contribution in [2.24, 2.45) is 5.73 Å². The number of nitrogens with one attached hydrogen (secondary N) is 1. The van der Waals surface area contributed by atoms with Crippen molar-refractivity contribution < 1.29 is 32.7 Å². The summed E-state index contributed by atoms with van der Waals surface area (Å²) in [5.74, 6) is -3.42. The Bertz CT molecular complexity index is 1310. The Hall–Kier alpha value is -4.69. The van der Waals surface area contributed by atoms with E-state index in [0.29, 0.717) is 29.0 Å². The fraction of sp³-hybridized carbons (Fsp3) is 0.154. The molecule has 0 spiro atoms. The number of anilines is 2. The second-order valence-corrected chi connectivity index (χ2v) is 7.62. The molecule has 0 radical (unpaired) electrons. The monoisotopic (exact) mass is 512 g/mol. The molecule has 192 valence electrons. The number of carboxylic acids is 1. The molecule has 8 nitrogen and oxygen atoms in total. The quantitative estimate of drug-likeness (QED) is 0.452. The molecule has 11 heteroatoms. The lowest BCUT2D eigenvalue weighted by Crippen LogP contribution is -2.38. The Morgan fingerprint density at radius 2 is 1.68 bits per heavy atom. The number of hydrogen-bond donors (Lipinski definition) is 3. The zero-order chi connectivity index (χ0) is 27.6. The Morgan fingerprint density at radius 3 is 2.24 bits per heavy atom. The topological polar surface area (TPSA) is 137 Å². The van der Waals surface area contributed by atoms with E-state index in [0.717, 1.165) is 11.1 Å². The second-order valence-electron chi connectivity index (χ2n) is 7.62. The summed E-state index contributed by atoms with van der Waals surface area (Å²) in [5.41, 5.74) is 9.42. The molecule has 3 aromatic rings. The normalized spacial score (nSPS) is 10.4. The van der Waals surface area contributed by atoms with Crippen molar-refractivity contribution in [3.05, 3.63) is 95.1 Å². The maximum Gasteiger partial charge on any atom is 0.490 e. The van der Waals surface area contributed by atoms with E-state index in [4.69, 9.17) is 15.6 Å². The van der Waals surface area contributed by atoms with Gasteiger partial charge in [0.1, 0.15) is 6.54 Å². The summed E-state index contributed by atoms with van der Waals surface area (Å²) in [5, 5.41) is 19.1. The van der Waals surface area contributed by atoms with E-state index in [1.807, 2.05) is 31.2 Å². The highest BCUT2D eigenvalue weighted by molar-refractivity contribution is 6.10. The first-order chi connectivity index (χ1) is 17.5. The smallest absolute Gasteiger partial charge is 0.475 e. The number of amides is 2. The van der Waals surface area contributed by atoms with Crippen molar-refractivity contribution in [2.45, 2.75) is 19.6 Å². The first kappa shape index (κ1) is 28.5. The van der Waals surface area contributed by atoms with E-state index < -0.39 is 12.1 Å². The molecule has 37 heavy (non-hydrogen) atoms. The molecular formula is C26H23F3N4O4. The van der Waals surface area contributed by atoms with Crippen LogP contribution in [0, 0.1) is 18.3 Å². The van der Waals surface area contributed by atoms with Gasteiger partial charge in [0.05, 0.1) is 11.6 Å². The van der Waals surface area contributed by atoms with Gasteiger partial charge in [0.2, 0.25) is 5.91 Å². The third kappa shape index (κ3) is 8.48. The maximum absolute atomic E-state index is 13.2. The summed E-state index contributed by atoms with van der Waals surface area (Å²) in [4.78, 5) is 36.3. The minimum Gasteiger partial charge on any atom is -0.475 e. The average molecular weight is 512 g/mol. The largest absolute Gasteiger partial charge is 0.490 e. The minimum absolute atomic E-state index is 0.175. The Balaban J connectivity index is 0.000000604. The summed E-state index contributed by atoms with van der Waals surface area (Å²) >= 11 is 0. The number of aryl methyl sites for hydroxylation is 1. The molecule has 0 aliphatic carbocycles. The van der Waals surface area contributed by atoms with Gasteiger partial charge in [-0.05, 0) is 54.4 Å². The van der Waals surface area contributed by atoms with Gasteiger partial charge in [0.25, 0.3) is 5.91 Å². The van der Waals surface area contributed by atoms with E-state index >= 15 is 0 Å². The minimum atomic E-state index is -5.08. The van der Waals surface area contributed by atoms with Gasteiger partial charge in [-0.3, -0.25) is 14.5 Å². The molecule has 0 aliphatic heterocycles. The molecule has 0 unspecified atom stereocenters. The van der Waals surface area contributed by atoms with Crippen LogP contribution in [0.3, 0.4) is 0 Å². The summed E-state index contributed by atoms with van der Waals surface area (Å²) in [6.45, 7) is 1.97. The van der Waals surface area contributed by atoms with Gasteiger partial charge in [-0.15, -0.1) is 0 Å². The second kappa shape index (κ2) is 12.9. The van der Waals surface area contributed by atoms with E-state index in [2.05, 4.69) is 11.4 Å². The molecule has 4 N–H and O–H groups in total. The standard InChI is InChI=1S/C24H22N4O2.C2HF3O2/c1-17-10-11-21(13-20(17)15-26)27-23(29)16-28(22-8-3-2-4-9-22)24(30)19-7-5-6-18(12-19)14-25;3-2(4,5)1(6)7/h2-13H,14,16,25H2,1H3,(H,27,29);(H,6,7). The number of aliphatic carboxylic acids is 1. The number of hydrogen-bond acceptors (Lipinski definition) is 5. The number of rotatable bonds is 6. The fourth-order valence-electron chi connectivity index (χ4n) is 3.04. The van der Waals surface area contributed by atoms with Crippen molar-refractivity contribution >= 4 is 29.2 Å². The van der Waals surface area contributed by atoms with Crippen LogP contribution in [-0.2, 0) is 16.1 Å². The summed E-state index contributed by atoms with van der Waals surface area (Å²) in [6, 6.07) is 23.3. The molecular weight excluding hydrogens is 489 g/mol. The third-order valence-corrected chi connectivity index (χ3v) is 4.91. The Kier molecular flexibility index (Phi) is 9.92. The van der Waals surface area contributed by atoms with Crippen LogP contribution < -0.4 is 16.0 Å². The van der Waals surface area contributed by atoms with E-state index in [1.54, 1.807) is 48.5 Å². The Labute approximate surface area is 210 Å². The Morgan fingerprint density at radius 1 is 1.03 bits per heavy atom. The number of para-hydroxylation sites is 1. The van der Waals surface area contributed by atoms with Crippen LogP contribution in [0.5, 0.6) is 0 Å². The van der Waals surface area contributed by atoms with Gasteiger partial charge in [-0.1, -0.05) is 36.4 Å². The van der Waals surface area contributed by atoms with Crippen LogP contribution in [0.15, 0.2) is 72.8 Å². The number of alkyl halides is 3. The van der Waals surface area contributed by atoms with Crippen molar-refractivity contribution in [1.82, 2.24) is 0 Å². The fourth-order valence-corrected chi connectivity index (χ4v) is 3.04. The van der Waals surface area contributed by atoms with Gasteiger partial charge in [0, 0.05) is 23.5 Å². The van der Waals surface area contributed by atoms with Crippen LogP contribution in [-0.4, -0.2) is 35.6 Å². The van der Waals surface area contributed by atoms with E-state index in [9.17, 15) is 28.0 Å². The molecule has 0 saturated carbocycles.